The first-order chi connectivity index (χ1) is 10.8. The largest absolute Gasteiger partial charge is 0.573 e. The minimum Gasteiger partial charge on any atom is -0.406 e. The third-order valence-electron chi connectivity index (χ3n) is 2.69. The molecule has 0 aromatic heterocycles. The second-order valence-corrected chi connectivity index (χ2v) is 4.95. The molecule has 0 saturated carbocycles. The quantitative estimate of drug-likeness (QED) is 0.854. The standard InChI is InChI=1S/C15H12ClF3N2O2/c16-11-4-6-12(7-5-11)21-14(22)20-9-10-2-1-3-13(8-10)23-15(17,18)19/h1-8H,9H2,(H2,20,21,22). The third kappa shape index (κ3) is 6.07. The van der Waals surface area contributed by atoms with Gasteiger partial charge in [-0.2, -0.15) is 0 Å². The summed E-state index contributed by atoms with van der Waals surface area (Å²) >= 11 is 5.73. The number of urea groups is 1. The molecular weight excluding hydrogens is 333 g/mol. The summed E-state index contributed by atoms with van der Waals surface area (Å²) in [5, 5.41) is 5.64. The van der Waals surface area contributed by atoms with E-state index in [0.717, 1.165) is 0 Å². The molecule has 2 aromatic rings. The molecule has 0 heterocycles. The van der Waals surface area contributed by atoms with Crippen molar-refractivity contribution in [2.24, 2.45) is 0 Å². The van der Waals surface area contributed by atoms with Crippen LogP contribution < -0.4 is 15.4 Å². The molecule has 122 valence electrons. The van der Waals surface area contributed by atoms with Crippen LogP contribution in [0.4, 0.5) is 23.7 Å². The van der Waals surface area contributed by atoms with Gasteiger partial charge < -0.3 is 15.4 Å². The van der Waals surface area contributed by atoms with Crippen molar-refractivity contribution in [2.45, 2.75) is 12.9 Å². The van der Waals surface area contributed by atoms with Gasteiger partial charge in [0.05, 0.1) is 0 Å². The topological polar surface area (TPSA) is 50.4 Å². The minimum absolute atomic E-state index is 0.0501. The molecule has 2 amide bonds. The summed E-state index contributed by atoms with van der Waals surface area (Å²) in [6.45, 7) is 0.0501. The number of alkyl halides is 3. The Morgan fingerprint density at radius 3 is 2.48 bits per heavy atom. The molecule has 4 nitrogen and oxygen atoms in total. The highest BCUT2D eigenvalue weighted by Crippen LogP contribution is 2.23. The zero-order chi connectivity index (χ0) is 16.9. The summed E-state index contributed by atoms with van der Waals surface area (Å²) in [5.41, 5.74) is 1.01. The maximum absolute atomic E-state index is 12.1. The monoisotopic (exact) mass is 344 g/mol. The van der Waals surface area contributed by atoms with Gasteiger partial charge in [-0.1, -0.05) is 23.7 Å². The van der Waals surface area contributed by atoms with Crippen molar-refractivity contribution >= 4 is 23.3 Å². The van der Waals surface area contributed by atoms with E-state index >= 15 is 0 Å². The molecule has 0 unspecified atom stereocenters. The smallest absolute Gasteiger partial charge is 0.406 e. The Labute approximate surface area is 135 Å². The Kier molecular flexibility index (Phi) is 5.33. The number of amides is 2. The molecule has 0 atom stereocenters. The summed E-state index contributed by atoms with van der Waals surface area (Å²) in [6.07, 6.45) is -4.75. The molecular formula is C15H12ClF3N2O2. The van der Waals surface area contributed by atoms with Crippen LogP contribution in [-0.2, 0) is 6.54 Å². The van der Waals surface area contributed by atoms with Crippen LogP contribution in [0.25, 0.3) is 0 Å². The van der Waals surface area contributed by atoms with E-state index in [-0.39, 0.29) is 12.3 Å². The first kappa shape index (κ1) is 17.0. The fraction of sp³-hybridized carbons (Fsp3) is 0.133. The van der Waals surface area contributed by atoms with Crippen molar-refractivity contribution in [1.29, 1.82) is 0 Å². The Hall–Kier alpha value is -2.41. The van der Waals surface area contributed by atoms with Crippen LogP contribution in [0.5, 0.6) is 5.75 Å². The van der Waals surface area contributed by atoms with Gasteiger partial charge in [-0.15, -0.1) is 13.2 Å². The number of rotatable bonds is 4. The van der Waals surface area contributed by atoms with Crippen LogP contribution in [-0.4, -0.2) is 12.4 Å². The number of halogens is 4. The third-order valence-corrected chi connectivity index (χ3v) is 2.94. The zero-order valence-electron chi connectivity index (χ0n) is 11.7. The van der Waals surface area contributed by atoms with Crippen molar-refractivity contribution in [1.82, 2.24) is 5.32 Å². The van der Waals surface area contributed by atoms with Gasteiger partial charge in [0.25, 0.3) is 0 Å². The summed E-state index contributed by atoms with van der Waals surface area (Å²) in [5.74, 6) is -0.338. The summed E-state index contributed by atoms with van der Waals surface area (Å²) in [4.78, 5) is 11.7. The fourth-order valence-electron chi connectivity index (χ4n) is 1.74. The van der Waals surface area contributed by atoms with Gasteiger partial charge in [0.2, 0.25) is 0 Å². The molecule has 0 fully saturated rings. The number of anilines is 1. The Morgan fingerprint density at radius 2 is 1.83 bits per heavy atom. The number of hydrogen-bond acceptors (Lipinski definition) is 2. The van der Waals surface area contributed by atoms with E-state index in [4.69, 9.17) is 11.6 Å². The summed E-state index contributed by atoms with van der Waals surface area (Å²) in [7, 11) is 0. The highest BCUT2D eigenvalue weighted by molar-refractivity contribution is 6.30. The molecule has 0 aliphatic heterocycles. The number of benzene rings is 2. The van der Waals surface area contributed by atoms with Gasteiger partial charge in [0, 0.05) is 17.3 Å². The molecule has 2 rings (SSSR count). The van der Waals surface area contributed by atoms with Crippen molar-refractivity contribution in [3.05, 3.63) is 59.1 Å². The van der Waals surface area contributed by atoms with Crippen LogP contribution in [0.2, 0.25) is 5.02 Å². The van der Waals surface area contributed by atoms with E-state index in [0.29, 0.717) is 16.3 Å². The molecule has 0 spiro atoms. The zero-order valence-corrected chi connectivity index (χ0v) is 12.4. The lowest BCUT2D eigenvalue weighted by atomic mass is 10.2. The molecule has 0 saturated heterocycles. The predicted molar refractivity (Wildman–Crippen MR) is 80.4 cm³/mol. The normalized spacial score (nSPS) is 11.0. The van der Waals surface area contributed by atoms with Gasteiger partial charge in [-0.3, -0.25) is 0 Å². The van der Waals surface area contributed by atoms with Crippen molar-refractivity contribution in [3.63, 3.8) is 0 Å². The van der Waals surface area contributed by atoms with Crippen LogP contribution in [0.1, 0.15) is 5.56 Å². The van der Waals surface area contributed by atoms with Crippen molar-refractivity contribution < 1.29 is 22.7 Å². The van der Waals surface area contributed by atoms with Crippen molar-refractivity contribution in [2.75, 3.05) is 5.32 Å². The first-order valence-corrected chi connectivity index (χ1v) is 6.85. The highest BCUT2D eigenvalue weighted by atomic mass is 35.5. The van der Waals surface area contributed by atoms with Crippen LogP contribution >= 0.6 is 11.6 Å². The molecule has 23 heavy (non-hydrogen) atoms. The highest BCUT2D eigenvalue weighted by Gasteiger charge is 2.31. The lowest BCUT2D eigenvalue weighted by Gasteiger charge is -2.11. The lowest BCUT2D eigenvalue weighted by Crippen LogP contribution is -2.28. The van der Waals surface area contributed by atoms with E-state index in [1.807, 2.05) is 0 Å². The predicted octanol–water partition coefficient (Wildman–Crippen LogP) is 4.56. The molecule has 0 radical (unpaired) electrons. The molecule has 0 aliphatic rings. The average Bonchev–Trinajstić information content (AvgIpc) is 2.46. The van der Waals surface area contributed by atoms with Crippen LogP contribution in [0.3, 0.4) is 0 Å². The first-order valence-electron chi connectivity index (χ1n) is 6.47. The van der Waals surface area contributed by atoms with Gasteiger partial charge in [0.15, 0.2) is 0 Å². The maximum Gasteiger partial charge on any atom is 0.573 e. The van der Waals surface area contributed by atoms with Gasteiger partial charge in [-0.25, -0.2) is 4.79 Å². The Balaban J connectivity index is 1.89. The molecule has 8 heteroatoms. The number of carbonyl (C=O) groups is 1. The Morgan fingerprint density at radius 1 is 1.13 bits per heavy atom. The molecule has 0 bridgehead atoms. The number of ether oxygens (including phenoxy) is 1. The lowest BCUT2D eigenvalue weighted by molar-refractivity contribution is -0.274. The van der Waals surface area contributed by atoms with E-state index < -0.39 is 12.4 Å². The Bertz CT molecular complexity index is 675. The molecule has 2 N–H and O–H groups in total. The second-order valence-electron chi connectivity index (χ2n) is 4.51. The van der Waals surface area contributed by atoms with E-state index in [9.17, 15) is 18.0 Å². The van der Waals surface area contributed by atoms with Crippen LogP contribution in [0.15, 0.2) is 48.5 Å². The van der Waals surface area contributed by atoms with Crippen LogP contribution in [0, 0.1) is 0 Å². The molecule has 0 aliphatic carbocycles. The summed E-state index contributed by atoms with van der Waals surface area (Å²) in [6, 6.07) is 11.4. The second kappa shape index (κ2) is 7.23. The fourth-order valence-corrected chi connectivity index (χ4v) is 1.87. The van der Waals surface area contributed by atoms with Gasteiger partial charge in [0.1, 0.15) is 5.75 Å². The molecule has 2 aromatic carbocycles. The summed E-state index contributed by atoms with van der Waals surface area (Å²) < 4.78 is 40.3. The van der Waals surface area contributed by atoms with E-state index in [1.165, 1.54) is 18.2 Å². The number of nitrogens with one attached hydrogen (secondary N) is 2. The number of carbonyl (C=O) groups excluding carboxylic acids is 1. The maximum atomic E-state index is 12.1. The number of hydrogen-bond donors (Lipinski definition) is 2. The van der Waals surface area contributed by atoms with E-state index in [2.05, 4.69) is 15.4 Å². The van der Waals surface area contributed by atoms with Gasteiger partial charge in [-0.05, 0) is 42.0 Å². The minimum atomic E-state index is -4.75. The van der Waals surface area contributed by atoms with Gasteiger partial charge >= 0.3 is 12.4 Å². The SMILES string of the molecule is O=C(NCc1cccc(OC(F)(F)F)c1)Nc1ccc(Cl)cc1. The van der Waals surface area contributed by atoms with E-state index in [1.54, 1.807) is 30.3 Å². The average molecular weight is 345 g/mol. The van der Waals surface area contributed by atoms with Crippen molar-refractivity contribution in [3.8, 4) is 5.75 Å².